The van der Waals surface area contributed by atoms with Crippen molar-refractivity contribution < 1.29 is 4.79 Å². The standard InChI is InChI=1S/C24H27N3O/c1-26(2)23(28)24(14-18-8-4-3-5-9-18)15-21-12-13-22(24)27(21)17-20-11-7-6-10-19(20)16-25/h3-11,21-22H,12-15,17H2,1-2H3/t21-,22+,24+/m0/s1. The summed E-state index contributed by atoms with van der Waals surface area (Å²) in [7, 11) is 3.74. The maximum absolute atomic E-state index is 13.4. The van der Waals surface area contributed by atoms with E-state index >= 15 is 0 Å². The maximum Gasteiger partial charge on any atom is 0.230 e. The highest BCUT2D eigenvalue weighted by atomic mass is 16.2. The Kier molecular flexibility index (Phi) is 4.95. The summed E-state index contributed by atoms with van der Waals surface area (Å²) in [5, 5.41) is 9.47. The molecule has 0 aromatic heterocycles. The molecule has 4 heteroatoms. The fourth-order valence-electron chi connectivity index (χ4n) is 5.41. The molecule has 2 aromatic carbocycles. The van der Waals surface area contributed by atoms with Gasteiger partial charge in [0.25, 0.3) is 0 Å². The van der Waals surface area contributed by atoms with Gasteiger partial charge in [-0.25, -0.2) is 0 Å². The number of hydrogen-bond donors (Lipinski definition) is 0. The van der Waals surface area contributed by atoms with Crippen molar-refractivity contribution in [3.05, 3.63) is 71.3 Å². The summed E-state index contributed by atoms with van der Waals surface area (Å²) in [5.41, 5.74) is 2.65. The Labute approximate surface area is 167 Å². The zero-order valence-electron chi connectivity index (χ0n) is 16.6. The third kappa shape index (κ3) is 3.10. The van der Waals surface area contributed by atoms with Gasteiger partial charge in [0.15, 0.2) is 0 Å². The van der Waals surface area contributed by atoms with E-state index in [1.807, 2.05) is 44.4 Å². The molecule has 2 saturated heterocycles. The summed E-state index contributed by atoms with van der Waals surface area (Å²) in [6, 6.07) is 21.2. The van der Waals surface area contributed by atoms with Crippen LogP contribution in [0.15, 0.2) is 54.6 Å². The molecule has 28 heavy (non-hydrogen) atoms. The number of rotatable bonds is 5. The molecule has 1 amide bonds. The molecular weight excluding hydrogens is 346 g/mol. The van der Waals surface area contributed by atoms with Gasteiger partial charge in [0.2, 0.25) is 5.91 Å². The smallest absolute Gasteiger partial charge is 0.230 e. The largest absolute Gasteiger partial charge is 0.348 e. The van der Waals surface area contributed by atoms with Crippen molar-refractivity contribution in [1.82, 2.24) is 9.80 Å². The van der Waals surface area contributed by atoms with Gasteiger partial charge in [-0.05, 0) is 42.9 Å². The number of carbonyl (C=O) groups excluding carboxylic acids is 1. The summed E-state index contributed by atoms with van der Waals surface area (Å²) < 4.78 is 0. The molecule has 3 atom stereocenters. The zero-order chi connectivity index (χ0) is 19.7. The molecule has 0 aliphatic carbocycles. The summed E-state index contributed by atoms with van der Waals surface area (Å²) in [6.07, 6.45) is 3.86. The first-order chi connectivity index (χ1) is 13.5. The first-order valence-electron chi connectivity index (χ1n) is 10.0. The van der Waals surface area contributed by atoms with Crippen LogP contribution < -0.4 is 0 Å². The Bertz CT molecular complexity index is 902. The van der Waals surface area contributed by atoms with Crippen LogP contribution in [0.25, 0.3) is 0 Å². The van der Waals surface area contributed by atoms with Crippen molar-refractivity contribution in [3.63, 3.8) is 0 Å². The monoisotopic (exact) mass is 373 g/mol. The molecule has 0 spiro atoms. The number of hydrogen-bond acceptors (Lipinski definition) is 3. The minimum absolute atomic E-state index is 0.222. The van der Waals surface area contributed by atoms with Crippen molar-refractivity contribution in [2.75, 3.05) is 14.1 Å². The minimum Gasteiger partial charge on any atom is -0.348 e. The van der Waals surface area contributed by atoms with E-state index in [-0.39, 0.29) is 17.4 Å². The van der Waals surface area contributed by atoms with Crippen LogP contribution >= 0.6 is 0 Å². The quantitative estimate of drug-likeness (QED) is 0.804. The van der Waals surface area contributed by atoms with Crippen LogP contribution in [-0.4, -0.2) is 41.9 Å². The summed E-state index contributed by atoms with van der Waals surface area (Å²) >= 11 is 0. The molecule has 2 aliphatic rings. The fraction of sp³-hybridized carbons (Fsp3) is 0.417. The minimum atomic E-state index is -0.380. The molecule has 2 heterocycles. The second-order valence-electron chi connectivity index (χ2n) is 8.41. The highest BCUT2D eigenvalue weighted by Gasteiger charge is 2.59. The molecule has 0 radical (unpaired) electrons. The molecule has 4 rings (SSSR count). The van der Waals surface area contributed by atoms with E-state index in [0.717, 1.165) is 43.4 Å². The van der Waals surface area contributed by atoms with Gasteiger partial charge in [0.1, 0.15) is 0 Å². The normalized spacial score (nSPS) is 26.2. The number of fused-ring (bicyclic) bond motifs is 2. The summed E-state index contributed by atoms with van der Waals surface area (Å²) in [6.45, 7) is 0.746. The van der Waals surface area contributed by atoms with Crippen LogP contribution in [0.3, 0.4) is 0 Å². The molecule has 0 N–H and O–H groups in total. The number of carbonyl (C=O) groups is 1. The van der Waals surface area contributed by atoms with E-state index in [1.54, 1.807) is 4.90 Å². The first kappa shape index (κ1) is 18.7. The van der Waals surface area contributed by atoms with Gasteiger partial charge in [-0.3, -0.25) is 9.69 Å². The number of amides is 1. The molecule has 2 bridgehead atoms. The number of nitriles is 1. The van der Waals surface area contributed by atoms with Crippen molar-refractivity contribution in [1.29, 1.82) is 5.26 Å². The Balaban J connectivity index is 1.67. The highest BCUT2D eigenvalue weighted by Crippen LogP contribution is 2.53. The third-order valence-corrected chi connectivity index (χ3v) is 6.57. The van der Waals surface area contributed by atoms with Gasteiger partial charge < -0.3 is 4.90 Å². The molecule has 0 unspecified atom stereocenters. The van der Waals surface area contributed by atoms with Gasteiger partial charge in [-0.2, -0.15) is 5.26 Å². The van der Waals surface area contributed by atoms with Gasteiger partial charge in [-0.15, -0.1) is 0 Å². The van der Waals surface area contributed by atoms with Gasteiger partial charge in [0, 0.05) is 32.7 Å². The second kappa shape index (κ2) is 7.41. The van der Waals surface area contributed by atoms with Crippen molar-refractivity contribution >= 4 is 5.91 Å². The molecule has 4 nitrogen and oxygen atoms in total. The van der Waals surface area contributed by atoms with Crippen LogP contribution in [0, 0.1) is 16.7 Å². The van der Waals surface area contributed by atoms with Crippen LogP contribution in [0.5, 0.6) is 0 Å². The average Bonchev–Trinajstić information content (AvgIpc) is 3.23. The number of benzene rings is 2. The molecular formula is C24H27N3O. The van der Waals surface area contributed by atoms with Crippen molar-refractivity contribution in [2.24, 2.45) is 5.41 Å². The van der Waals surface area contributed by atoms with E-state index in [4.69, 9.17) is 0 Å². The Hall–Kier alpha value is -2.64. The molecule has 2 aliphatic heterocycles. The Morgan fingerprint density at radius 1 is 1.14 bits per heavy atom. The van der Waals surface area contributed by atoms with Crippen LogP contribution in [0.1, 0.15) is 36.0 Å². The topological polar surface area (TPSA) is 47.3 Å². The van der Waals surface area contributed by atoms with E-state index < -0.39 is 0 Å². The Morgan fingerprint density at radius 3 is 2.57 bits per heavy atom. The van der Waals surface area contributed by atoms with Gasteiger partial charge in [0.05, 0.1) is 17.0 Å². The molecule has 2 aromatic rings. The van der Waals surface area contributed by atoms with E-state index in [0.29, 0.717) is 6.04 Å². The molecule has 2 fully saturated rings. The Morgan fingerprint density at radius 2 is 1.86 bits per heavy atom. The summed E-state index contributed by atoms with van der Waals surface area (Å²) in [5.74, 6) is 0.238. The highest BCUT2D eigenvalue weighted by molar-refractivity contribution is 5.84. The SMILES string of the molecule is CN(C)C(=O)[C@]1(Cc2ccccc2)C[C@@H]2CC[C@H]1N2Cc1ccccc1C#N. The molecule has 144 valence electrons. The van der Waals surface area contributed by atoms with Crippen molar-refractivity contribution in [3.8, 4) is 6.07 Å². The lowest BCUT2D eigenvalue weighted by Crippen LogP contribution is -2.50. The van der Waals surface area contributed by atoms with Crippen LogP contribution in [0.2, 0.25) is 0 Å². The second-order valence-corrected chi connectivity index (χ2v) is 8.41. The predicted octanol–water partition coefficient (Wildman–Crippen LogP) is 3.61. The lowest BCUT2D eigenvalue weighted by molar-refractivity contribution is -0.141. The maximum atomic E-state index is 13.4. The predicted molar refractivity (Wildman–Crippen MR) is 109 cm³/mol. The van der Waals surface area contributed by atoms with Crippen LogP contribution in [-0.2, 0) is 17.8 Å². The lowest BCUT2D eigenvalue weighted by atomic mass is 9.69. The average molecular weight is 374 g/mol. The van der Waals surface area contributed by atoms with E-state index in [2.05, 4.69) is 35.2 Å². The number of nitrogens with zero attached hydrogens (tertiary/aromatic N) is 3. The van der Waals surface area contributed by atoms with E-state index in [1.165, 1.54) is 5.56 Å². The van der Waals surface area contributed by atoms with Crippen LogP contribution in [0.4, 0.5) is 0 Å². The molecule has 0 saturated carbocycles. The summed E-state index contributed by atoms with van der Waals surface area (Å²) in [4.78, 5) is 17.7. The van der Waals surface area contributed by atoms with E-state index in [9.17, 15) is 10.1 Å². The third-order valence-electron chi connectivity index (χ3n) is 6.57. The first-order valence-corrected chi connectivity index (χ1v) is 10.0. The zero-order valence-corrected chi connectivity index (χ0v) is 16.6. The van der Waals surface area contributed by atoms with Crippen molar-refractivity contribution in [2.45, 2.75) is 44.3 Å². The lowest BCUT2D eigenvalue weighted by Gasteiger charge is -2.38. The van der Waals surface area contributed by atoms with Gasteiger partial charge in [-0.1, -0.05) is 48.5 Å². The van der Waals surface area contributed by atoms with Gasteiger partial charge >= 0.3 is 0 Å². The fourth-order valence-corrected chi connectivity index (χ4v) is 5.41.